The second-order valence-electron chi connectivity index (χ2n) is 30.5. The van der Waals surface area contributed by atoms with Gasteiger partial charge in [-0.3, -0.25) is 102 Å². The maximum atomic E-state index is 14.4. The number of carboxylic acid groups (broad SMARTS) is 4. The van der Waals surface area contributed by atoms with Gasteiger partial charge in [-0.15, -0.1) is 11.8 Å². The van der Waals surface area contributed by atoms with Crippen molar-refractivity contribution in [3.63, 3.8) is 0 Å². The van der Waals surface area contributed by atoms with Crippen molar-refractivity contribution in [2.75, 3.05) is 45.0 Å². The second-order valence-corrected chi connectivity index (χ2v) is 31.8. The van der Waals surface area contributed by atoms with Gasteiger partial charge in [-0.25, -0.2) is 24.8 Å². The van der Waals surface area contributed by atoms with Crippen LogP contribution in [0.1, 0.15) is 249 Å². The normalized spacial score (nSPS) is 13.9. The van der Waals surface area contributed by atoms with Crippen molar-refractivity contribution in [1.29, 1.82) is 0 Å². The molecule has 672 valence electrons. The highest BCUT2D eigenvalue weighted by Gasteiger charge is 2.41. The van der Waals surface area contributed by atoms with E-state index >= 15 is 0 Å². The summed E-state index contributed by atoms with van der Waals surface area (Å²) < 4.78 is 0. The number of carbonyl (C=O) groups is 19. The lowest BCUT2D eigenvalue weighted by molar-refractivity contribution is -0.166. The second kappa shape index (κ2) is 60.3. The molecule has 0 aliphatic carbocycles. The van der Waals surface area contributed by atoms with Gasteiger partial charge in [-0.05, 0) is 88.2 Å². The van der Waals surface area contributed by atoms with Crippen LogP contribution in [-0.2, 0) is 99.1 Å². The van der Waals surface area contributed by atoms with E-state index in [-0.39, 0.29) is 165 Å². The molecule has 2 aromatic carbocycles. The van der Waals surface area contributed by atoms with E-state index in [2.05, 4.69) is 26.6 Å². The van der Waals surface area contributed by atoms with Crippen molar-refractivity contribution < 1.29 is 127 Å². The lowest BCUT2D eigenvalue weighted by Gasteiger charge is -2.23. The molecule has 1 aliphatic heterocycles. The highest BCUT2D eigenvalue weighted by atomic mass is 32.2. The van der Waals surface area contributed by atoms with E-state index < -0.39 is 155 Å². The number of nitrogens with two attached hydrogens (primary N) is 1. The van der Waals surface area contributed by atoms with E-state index in [9.17, 15) is 122 Å². The number of hydrogen-bond donors (Lipinski definition) is 13. The Bertz CT molecular complexity index is 3720. The number of thioether (sulfide) groups is 1. The maximum absolute atomic E-state index is 14.4. The number of hydroxylamine groups is 6. The van der Waals surface area contributed by atoms with Crippen LogP contribution in [0.4, 0.5) is 4.79 Å². The first-order chi connectivity index (χ1) is 57.6. The first-order valence-corrected chi connectivity index (χ1v) is 42.9. The zero-order valence-electron chi connectivity index (χ0n) is 69.3. The average molecular weight is 1720 g/mol. The van der Waals surface area contributed by atoms with Crippen LogP contribution < -0.4 is 32.3 Å². The summed E-state index contributed by atoms with van der Waals surface area (Å²) in [5.41, 5.74) is 7.60. The van der Waals surface area contributed by atoms with Crippen LogP contribution >= 0.6 is 11.8 Å². The van der Waals surface area contributed by atoms with Crippen LogP contribution in [0, 0.1) is 11.8 Å². The molecular weight excluding hydrogens is 1600 g/mol. The fourth-order valence-electron chi connectivity index (χ4n) is 13.1. The van der Waals surface area contributed by atoms with Crippen molar-refractivity contribution >= 4 is 124 Å². The molecule has 1 saturated heterocycles. The van der Waals surface area contributed by atoms with Crippen LogP contribution in [0.25, 0.3) is 0 Å². The van der Waals surface area contributed by atoms with Gasteiger partial charge in [0.25, 0.3) is 0 Å². The lowest BCUT2D eigenvalue weighted by Crippen LogP contribution is -2.53. The molecule has 0 aromatic heterocycles. The fourth-order valence-corrected chi connectivity index (χ4v) is 14.4. The number of likely N-dealkylation sites (tertiary alicyclic amines) is 1. The van der Waals surface area contributed by atoms with Crippen molar-refractivity contribution in [3.05, 3.63) is 71.8 Å². The van der Waals surface area contributed by atoms with E-state index in [1.165, 1.54) is 6.92 Å². The Balaban J connectivity index is 1.39. The lowest BCUT2D eigenvalue weighted by atomic mass is 9.89. The number of rotatable bonds is 70. The summed E-state index contributed by atoms with van der Waals surface area (Å²) >= 11 is 0.777. The number of amides is 10. The van der Waals surface area contributed by atoms with E-state index in [0.29, 0.717) is 117 Å². The molecule has 2 aromatic rings. The zero-order valence-corrected chi connectivity index (χ0v) is 70.1. The van der Waals surface area contributed by atoms with Gasteiger partial charge >= 0.3 is 29.9 Å². The molecule has 1 heterocycles. The van der Waals surface area contributed by atoms with Crippen LogP contribution in [0.15, 0.2) is 60.7 Å². The third kappa shape index (κ3) is 47.0. The molecule has 10 amide bonds. The van der Waals surface area contributed by atoms with Crippen LogP contribution in [-0.4, -0.2) is 242 Å². The number of aliphatic carboxylic acids is 4. The van der Waals surface area contributed by atoms with Crippen molar-refractivity contribution in [2.24, 2.45) is 17.6 Å². The number of urea groups is 1. The summed E-state index contributed by atoms with van der Waals surface area (Å²) in [4.78, 5) is 242. The van der Waals surface area contributed by atoms with Gasteiger partial charge in [-0.1, -0.05) is 125 Å². The fraction of sp³-hybridized carbons (Fsp3) is 0.631. The molecule has 14 N–H and O–H groups in total. The van der Waals surface area contributed by atoms with E-state index in [1.54, 1.807) is 60.7 Å². The van der Waals surface area contributed by atoms with Crippen LogP contribution in [0.2, 0.25) is 0 Å². The van der Waals surface area contributed by atoms with Crippen molar-refractivity contribution in [2.45, 2.75) is 280 Å². The smallest absolute Gasteiger partial charge is 0.326 e. The number of ketones is 6. The number of nitrogens with zero attached hydrogens (tertiary/aromatic N) is 4. The molecule has 1 aliphatic rings. The summed E-state index contributed by atoms with van der Waals surface area (Å²) in [7, 11) is 0. The molecular formula is C84H124N10O26S. The number of Topliss-reactive ketones (excluding diaryl/α,β-unsaturated/α-hetero) is 6. The topological polar surface area (TPSA) is 565 Å². The molecule has 36 nitrogen and oxygen atoms in total. The summed E-state index contributed by atoms with van der Waals surface area (Å²) in [5, 5.41) is 81.0. The molecule has 0 saturated carbocycles. The van der Waals surface area contributed by atoms with Crippen molar-refractivity contribution in [1.82, 2.24) is 46.7 Å². The summed E-state index contributed by atoms with van der Waals surface area (Å²) in [5.74, 6) is -15.8. The molecule has 0 radical (unpaired) electrons. The molecule has 37 heteroatoms. The number of carboxylic acids is 4. The minimum Gasteiger partial charge on any atom is -0.481 e. The minimum atomic E-state index is -1.81. The average Bonchev–Trinajstić information content (AvgIpc) is 1.52. The Morgan fingerprint density at radius 2 is 0.917 bits per heavy atom. The third-order valence-electron chi connectivity index (χ3n) is 20.4. The molecule has 3 rings (SSSR count). The minimum absolute atomic E-state index is 0.00687. The van der Waals surface area contributed by atoms with Gasteiger partial charge in [0.2, 0.25) is 47.3 Å². The van der Waals surface area contributed by atoms with Gasteiger partial charge in [-0.2, -0.15) is 0 Å². The number of unbranched alkanes of at least 4 members (excludes halogenated alkanes) is 14. The molecule has 121 heavy (non-hydrogen) atoms. The number of benzene rings is 2. The molecule has 0 spiro atoms. The first kappa shape index (κ1) is 105. The van der Waals surface area contributed by atoms with Crippen LogP contribution in [0.5, 0.6) is 0 Å². The Hall–Kier alpha value is -10.2. The third-order valence-corrected chi connectivity index (χ3v) is 21.7. The van der Waals surface area contributed by atoms with Crippen LogP contribution in [0.3, 0.4) is 0 Å². The molecule has 1 fully saturated rings. The van der Waals surface area contributed by atoms with Gasteiger partial charge in [0.15, 0.2) is 11.6 Å². The van der Waals surface area contributed by atoms with Gasteiger partial charge < -0.3 is 52.7 Å². The summed E-state index contributed by atoms with van der Waals surface area (Å²) in [6.07, 6.45) is 8.31. The Morgan fingerprint density at radius 3 is 1.41 bits per heavy atom. The van der Waals surface area contributed by atoms with E-state index in [1.807, 2.05) is 0 Å². The maximum Gasteiger partial charge on any atom is 0.326 e. The largest absolute Gasteiger partial charge is 0.481 e. The van der Waals surface area contributed by atoms with E-state index in [4.69, 9.17) is 10.8 Å². The van der Waals surface area contributed by atoms with Gasteiger partial charge in [0.05, 0.1) is 29.7 Å². The molecule has 7 atom stereocenters. The number of nitrogens with one attached hydrogen (secondary N) is 5. The predicted molar refractivity (Wildman–Crippen MR) is 438 cm³/mol. The highest BCUT2D eigenvalue weighted by molar-refractivity contribution is 8.00. The standard InChI is InChI=1S/C84H124N10O26S/c1-57(95)92(118)45-23-9-6-19-32-63(97)38-41-74(103)93(119)46-24-10-7-20-33-64(98)39-42-75(104)94(120)47-25-11-8-21-34-65(99)43-48-91-76(105)54-72(81(91)112)121-56-61(82(113)114)52-71(101)69(53-78(108)109)89-80(111)66(85)55-87-79(110)60(49-58-27-14-12-15-28-58)51-70(100)68(50-59-29-16-13-17-30-59)88-73(102)35-22-5-3-2-4-18-31-62(96)37-40-67(83(115)116)90-84(117)86-44-26-36-77(106)107/h12-17,27-30,60-61,66-69,72,118-120H,2-11,18-26,31-56,85H2,1H3,(H,87,110)(H,88,102)(H,89,111)(H,106,107)(H,108,109)(H,113,114)(H,115,116)(H2,86,90,117)/t60-,61+,66+,67+,68+,69+,72?/m1/s1. The van der Waals surface area contributed by atoms with E-state index in [0.717, 1.165) is 47.9 Å². The summed E-state index contributed by atoms with van der Waals surface area (Å²) in [6.45, 7) is 0.746. The zero-order chi connectivity index (χ0) is 89.6. The Labute approximate surface area is 709 Å². The Morgan fingerprint density at radius 1 is 0.455 bits per heavy atom. The Kier molecular flexibility index (Phi) is 52.3. The SMILES string of the molecule is CC(=O)N(O)CCCCCCC(=O)CCC(=O)N(O)CCCCCCC(=O)CCC(=O)N(O)CCCCCCC(=O)CCN1C(=O)CC(SC[C@H](CC(=O)[C@H](CC(=O)O)NC(=O)[C@@H](N)CNC(=O)[C@@H](CC(=O)[C@H](Cc2ccccc2)NC(=O)CCCCCCCCC(=O)CC[C@H](NC(=O)NCCCC(=O)O)C(=O)O)Cc2ccccc2)C(=O)O)C1=O. The number of imide groups is 1. The molecule has 0 bridgehead atoms. The number of carbonyl (C=O) groups excluding carboxylic acids is 15. The highest BCUT2D eigenvalue weighted by Crippen LogP contribution is 2.29. The predicted octanol–water partition coefficient (Wildman–Crippen LogP) is 6.73. The molecule has 1 unspecified atom stereocenters. The monoisotopic (exact) mass is 1720 g/mol. The quantitative estimate of drug-likeness (QED) is 0.0141. The van der Waals surface area contributed by atoms with Gasteiger partial charge in [0, 0.05) is 154 Å². The van der Waals surface area contributed by atoms with Gasteiger partial charge in [0.1, 0.15) is 35.2 Å². The first-order valence-electron chi connectivity index (χ1n) is 41.8. The summed E-state index contributed by atoms with van der Waals surface area (Å²) in [6, 6.07) is 11.0. The number of hydrogen-bond acceptors (Lipinski definition) is 24. The van der Waals surface area contributed by atoms with Crippen molar-refractivity contribution in [3.8, 4) is 0 Å².